The van der Waals surface area contributed by atoms with Gasteiger partial charge in [-0.05, 0) is 6.42 Å². The van der Waals surface area contributed by atoms with Gasteiger partial charge in [0.05, 0.1) is 26.2 Å². The van der Waals surface area contributed by atoms with E-state index in [-0.39, 0.29) is 5.75 Å². The number of nitrogens with zero attached hydrogens (tertiary/aromatic N) is 1. The molecule has 1 saturated heterocycles. The van der Waals surface area contributed by atoms with Crippen LogP contribution < -0.4 is 4.72 Å². The lowest BCUT2D eigenvalue weighted by Gasteiger charge is -2.33. The average molecular weight is 303 g/mol. The monoisotopic (exact) mass is 303 g/mol. The van der Waals surface area contributed by atoms with Gasteiger partial charge in [-0.25, -0.2) is 13.1 Å². The van der Waals surface area contributed by atoms with E-state index in [1.54, 1.807) is 4.72 Å². The fourth-order valence-corrected chi connectivity index (χ4v) is 3.77. The van der Waals surface area contributed by atoms with Gasteiger partial charge in [-0.3, -0.25) is 0 Å². The number of nitrogens with one attached hydrogen (secondary N) is 1. The van der Waals surface area contributed by atoms with Crippen LogP contribution in [-0.2, 0) is 10.0 Å². The molecule has 19 heavy (non-hydrogen) atoms. The SMILES string of the molecule is CCC[N+]1(CCS(=O)(=O)NCC(F)(F)F)CCCC1. The minimum atomic E-state index is -4.50. The number of sulfonamides is 1. The smallest absolute Gasteiger partial charge is 0.323 e. The lowest BCUT2D eigenvalue weighted by molar-refractivity contribution is -0.914. The maximum atomic E-state index is 12.0. The lowest BCUT2D eigenvalue weighted by Crippen LogP contribution is -2.50. The van der Waals surface area contributed by atoms with Gasteiger partial charge < -0.3 is 4.48 Å². The summed E-state index contributed by atoms with van der Waals surface area (Å²) in [5.74, 6) is -0.233. The van der Waals surface area contributed by atoms with Crippen LogP contribution in [0.4, 0.5) is 13.2 Å². The van der Waals surface area contributed by atoms with Crippen molar-refractivity contribution in [2.45, 2.75) is 32.4 Å². The molecule has 1 N–H and O–H groups in total. The molecular weight excluding hydrogens is 281 g/mol. The normalized spacial score (nSPS) is 19.8. The highest BCUT2D eigenvalue weighted by atomic mass is 32.2. The minimum absolute atomic E-state index is 0.233. The molecule has 0 atom stereocenters. The Kier molecular flexibility index (Phi) is 5.64. The maximum absolute atomic E-state index is 12.0. The van der Waals surface area contributed by atoms with Gasteiger partial charge in [-0.2, -0.15) is 13.2 Å². The van der Waals surface area contributed by atoms with Gasteiger partial charge in [0.15, 0.2) is 0 Å². The van der Waals surface area contributed by atoms with Gasteiger partial charge in [0.2, 0.25) is 10.0 Å². The molecule has 0 aliphatic carbocycles. The predicted octanol–water partition coefficient (Wildman–Crippen LogP) is 1.49. The first kappa shape index (κ1) is 16.7. The zero-order valence-electron chi connectivity index (χ0n) is 11.2. The maximum Gasteiger partial charge on any atom is 0.402 e. The van der Waals surface area contributed by atoms with E-state index in [9.17, 15) is 21.6 Å². The van der Waals surface area contributed by atoms with E-state index in [0.29, 0.717) is 6.54 Å². The largest absolute Gasteiger partial charge is 0.402 e. The summed E-state index contributed by atoms with van der Waals surface area (Å²) in [6.45, 7) is 3.72. The summed E-state index contributed by atoms with van der Waals surface area (Å²) in [5.41, 5.74) is 0. The summed E-state index contributed by atoms with van der Waals surface area (Å²) >= 11 is 0. The van der Waals surface area contributed by atoms with Gasteiger partial charge in [-0.15, -0.1) is 0 Å². The van der Waals surface area contributed by atoms with Crippen LogP contribution in [0.15, 0.2) is 0 Å². The second-order valence-corrected chi connectivity index (χ2v) is 7.12. The number of hydrogen-bond donors (Lipinski definition) is 1. The van der Waals surface area contributed by atoms with Crippen molar-refractivity contribution in [1.82, 2.24) is 4.72 Å². The summed E-state index contributed by atoms with van der Waals surface area (Å²) in [6, 6.07) is 0. The molecule has 1 aliphatic rings. The van der Waals surface area contributed by atoms with E-state index < -0.39 is 22.7 Å². The first-order valence-electron chi connectivity index (χ1n) is 6.57. The van der Waals surface area contributed by atoms with Crippen LogP contribution in [0.2, 0.25) is 0 Å². The van der Waals surface area contributed by atoms with Crippen molar-refractivity contribution in [3.63, 3.8) is 0 Å². The third kappa shape index (κ3) is 6.09. The van der Waals surface area contributed by atoms with Crippen LogP contribution >= 0.6 is 0 Å². The molecular formula is C11H22F3N2O2S+. The molecule has 4 nitrogen and oxygen atoms in total. The van der Waals surface area contributed by atoms with Gasteiger partial charge >= 0.3 is 6.18 Å². The molecule has 0 aromatic rings. The molecule has 0 aromatic heterocycles. The van der Waals surface area contributed by atoms with Crippen molar-refractivity contribution in [3.05, 3.63) is 0 Å². The molecule has 1 rings (SSSR count). The summed E-state index contributed by atoms with van der Waals surface area (Å²) in [6.07, 6.45) is -1.42. The number of quaternary nitrogens is 1. The quantitative estimate of drug-likeness (QED) is 0.724. The fourth-order valence-electron chi connectivity index (χ4n) is 2.62. The van der Waals surface area contributed by atoms with Crippen LogP contribution in [0.3, 0.4) is 0 Å². The highest BCUT2D eigenvalue weighted by Crippen LogP contribution is 2.20. The highest BCUT2D eigenvalue weighted by Gasteiger charge is 2.34. The summed E-state index contributed by atoms with van der Waals surface area (Å²) in [4.78, 5) is 0. The second-order valence-electron chi connectivity index (χ2n) is 5.20. The molecule has 1 aliphatic heterocycles. The van der Waals surface area contributed by atoms with E-state index in [4.69, 9.17) is 0 Å². The number of alkyl halides is 3. The third-order valence-electron chi connectivity index (χ3n) is 3.54. The standard InChI is InChI=1S/C11H22F3N2O2S/c1-2-5-16(6-3-4-7-16)8-9-19(17,18)15-10-11(12,13)14/h15H,2-10H2,1H3/q+1. The molecule has 8 heteroatoms. The van der Waals surface area contributed by atoms with Crippen LogP contribution in [0, 0.1) is 0 Å². The Balaban J connectivity index is 2.49. The van der Waals surface area contributed by atoms with Crippen LogP contribution in [-0.4, -0.2) is 57.6 Å². The molecule has 0 amide bonds. The Morgan fingerprint density at radius 3 is 2.21 bits per heavy atom. The van der Waals surface area contributed by atoms with E-state index in [1.165, 1.54) is 0 Å². The molecule has 1 fully saturated rings. The highest BCUT2D eigenvalue weighted by molar-refractivity contribution is 7.89. The fraction of sp³-hybridized carbons (Fsp3) is 1.00. The molecule has 0 aromatic carbocycles. The van der Waals surface area contributed by atoms with E-state index >= 15 is 0 Å². The van der Waals surface area contributed by atoms with Crippen LogP contribution in [0.25, 0.3) is 0 Å². The number of hydrogen-bond acceptors (Lipinski definition) is 2. The van der Waals surface area contributed by atoms with Crippen molar-refractivity contribution >= 4 is 10.0 Å². The van der Waals surface area contributed by atoms with Crippen molar-refractivity contribution in [3.8, 4) is 0 Å². The van der Waals surface area contributed by atoms with E-state index in [1.807, 2.05) is 6.92 Å². The van der Waals surface area contributed by atoms with Gasteiger partial charge in [0.25, 0.3) is 0 Å². The van der Waals surface area contributed by atoms with Crippen molar-refractivity contribution in [2.24, 2.45) is 0 Å². The molecule has 0 bridgehead atoms. The molecule has 1 heterocycles. The van der Waals surface area contributed by atoms with Crippen LogP contribution in [0.1, 0.15) is 26.2 Å². The molecule has 0 spiro atoms. The zero-order chi connectivity index (χ0) is 14.6. The summed E-state index contributed by atoms with van der Waals surface area (Å²) in [5, 5.41) is 0. The number of likely N-dealkylation sites (tertiary alicyclic amines) is 1. The van der Waals surface area contributed by atoms with Gasteiger partial charge in [0, 0.05) is 12.8 Å². The Labute approximate surface area is 112 Å². The summed E-state index contributed by atoms with van der Waals surface area (Å²) in [7, 11) is -3.84. The van der Waals surface area contributed by atoms with E-state index in [2.05, 4.69) is 0 Å². The Hall–Kier alpha value is -0.340. The zero-order valence-corrected chi connectivity index (χ0v) is 12.0. The lowest BCUT2D eigenvalue weighted by atomic mass is 10.3. The summed E-state index contributed by atoms with van der Waals surface area (Å²) < 4.78 is 61.4. The van der Waals surface area contributed by atoms with Gasteiger partial charge in [-0.1, -0.05) is 6.92 Å². The Morgan fingerprint density at radius 1 is 1.16 bits per heavy atom. The van der Waals surface area contributed by atoms with Gasteiger partial charge in [0.1, 0.15) is 12.3 Å². The van der Waals surface area contributed by atoms with Crippen molar-refractivity contribution in [1.29, 1.82) is 0 Å². The molecule has 114 valence electrons. The minimum Gasteiger partial charge on any atom is -0.323 e. The van der Waals surface area contributed by atoms with Crippen molar-refractivity contribution in [2.75, 3.05) is 38.5 Å². The number of halogens is 3. The van der Waals surface area contributed by atoms with E-state index in [0.717, 1.165) is 43.4 Å². The topological polar surface area (TPSA) is 46.2 Å². The molecule has 0 saturated carbocycles. The third-order valence-corrected chi connectivity index (χ3v) is 4.84. The molecule has 0 unspecified atom stereocenters. The van der Waals surface area contributed by atoms with Crippen LogP contribution in [0.5, 0.6) is 0 Å². The first-order valence-corrected chi connectivity index (χ1v) is 8.22. The first-order chi connectivity index (χ1) is 8.68. The number of rotatable bonds is 7. The Morgan fingerprint density at radius 2 is 1.74 bits per heavy atom. The predicted molar refractivity (Wildman–Crippen MR) is 67.1 cm³/mol. The average Bonchev–Trinajstić information content (AvgIpc) is 2.73. The van der Waals surface area contributed by atoms with Crippen molar-refractivity contribution < 1.29 is 26.1 Å². The second kappa shape index (κ2) is 6.41. The Bertz CT molecular complexity index is 376. The molecule has 0 radical (unpaired) electrons.